The fraction of sp³-hybridized carbons (Fsp3) is 0.462. The van der Waals surface area contributed by atoms with Gasteiger partial charge in [0.25, 0.3) is 5.91 Å². The number of nitrogens with zero attached hydrogens (tertiary/aromatic N) is 3. The van der Waals surface area contributed by atoms with Gasteiger partial charge in [0.05, 0.1) is 10.9 Å². The van der Waals surface area contributed by atoms with E-state index >= 15 is 0 Å². The van der Waals surface area contributed by atoms with Crippen LogP contribution in [0.1, 0.15) is 17.4 Å². The number of hydrogen-bond donors (Lipinski definition) is 0. The summed E-state index contributed by atoms with van der Waals surface area (Å²) < 4.78 is 0. The lowest BCUT2D eigenvalue weighted by molar-refractivity contribution is -0.133. The normalized spacial score (nSPS) is 17.9. The van der Waals surface area contributed by atoms with Crippen molar-refractivity contribution in [2.45, 2.75) is 13.0 Å². The van der Waals surface area contributed by atoms with Crippen LogP contribution in [-0.4, -0.2) is 57.9 Å². The number of carbonyl (C=O) groups is 2. The van der Waals surface area contributed by atoms with Crippen LogP contribution in [0.15, 0.2) is 12.1 Å². The van der Waals surface area contributed by atoms with Gasteiger partial charge < -0.3 is 9.80 Å². The van der Waals surface area contributed by atoms with Gasteiger partial charge in [0.1, 0.15) is 16.9 Å². The first-order valence-corrected chi connectivity index (χ1v) is 8.32. The summed E-state index contributed by atoms with van der Waals surface area (Å²) >= 11 is 13.4. The Morgan fingerprint density at radius 1 is 1.48 bits per heavy atom. The topological polar surface area (TPSA) is 53.5 Å². The van der Waals surface area contributed by atoms with Crippen LogP contribution in [0.25, 0.3) is 0 Å². The molecule has 2 amide bonds. The van der Waals surface area contributed by atoms with E-state index in [-0.39, 0.29) is 27.7 Å². The number of amides is 2. The van der Waals surface area contributed by atoms with Crippen molar-refractivity contribution in [3.8, 4) is 0 Å². The predicted molar refractivity (Wildman–Crippen MR) is 84.9 cm³/mol. The SMILES string of the molecule is CCN(C)C(=O)[C@H]1CSCN1C(=O)c1nc(Cl)ccc1Cl. The van der Waals surface area contributed by atoms with Crippen LogP contribution >= 0.6 is 35.0 Å². The second kappa shape index (κ2) is 6.85. The third kappa shape index (κ3) is 3.44. The molecule has 0 N–H and O–H groups in total. The molecule has 1 saturated heterocycles. The Hall–Kier alpha value is -0.980. The molecular formula is C13H15Cl2N3O2S. The van der Waals surface area contributed by atoms with E-state index in [4.69, 9.17) is 23.2 Å². The number of hydrogen-bond acceptors (Lipinski definition) is 4. The van der Waals surface area contributed by atoms with E-state index in [1.54, 1.807) is 11.9 Å². The molecule has 1 fully saturated rings. The molecule has 0 aliphatic carbocycles. The molecule has 1 aromatic heterocycles. The molecule has 0 aromatic carbocycles. The van der Waals surface area contributed by atoms with Crippen LogP contribution < -0.4 is 0 Å². The Bertz CT molecular complexity index is 570. The standard InChI is InChI=1S/C13H15Cl2N3O2S/c1-3-17(2)12(19)9-6-21-7-18(9)13(20)11-8(14)4-5-10(15)16-11/h4-5,9H,3,6-7H2,1-2H3/t9-/m1/s1. The summed E-state index contributed by atoms with van der Waals surface area (Å²) in [5.74, 6) is 0.578. The van der Waals surface area contributed by atoms with Gasteiger partial charge in [-0.25, -0.2) is 4.98 Å². The highest BCUT2D eigenvalue weighted by Gasteiger charge is 2.37. The molecule has 2 rings (SSSR count). The van der Waals surface area contributed by atoms with Gasteiger partial charge >= 0.3 is 0 Å². The highest BCUT2D eigenvalue weighted by Crippen LogP contribution is 2.26. The minimum atomic E-state index is -0.482. The third-order valence-electron chi connectivity index (χ3n) is 3.29. The highest BCUT2D eigenvalue weighted by atomic mass is 35.5. The molecule has 1 atom stereocenters. The van der Waals surface area contributed by atoms with Gasteiger partial charge in [-0.3, -0.25) is 9.59 Å². The number of rotatable bonds is 3. The number of thioether (sulfide) groups is 1. The average Bonchev–Trinajstić information content (AvgIpc) is 2.96. The van der Waals surface area contributed by atoms with Gasteiger partial charge in [-0.2, -0.15) is 0 Å². The Kier molecular flexibility index (Phi) is 5.35. The first kappa shape index (κ1) is 16.4. The summed E-state index contributed by atoms with van der Waals surface area (Å²) in [5.41, 5.74) is 0.0867. The molecule has 8 heteroatoms. The average molecular weight is 348 g/mol. The van der Waals surface area contributed by atoms with Crippen LogP contribution in [-0.2, 0) is 4.79 Å². The molecule has 1 aromatic rings. The fourth-order valence-electron chi connectivity index (χ4n) is 1.96. The van der Waals surface area contributed by atoms with Crippen molar-refractivity contribution in [3.05, 3.63) is 28.0 Å². The van der Waals surface area contributed by atoms with E-state index in [1.165, 1.54) is 28.8 Å². The van der Waals surface area contributed by atoms with Crippen LogP contribution in [0, 0.1) is 0 Å². The molecule has 1 aliphatic heterocycles. The van der Waals surface area contributed by atoms with Gasteiger partial charge in [0.2, 0.25) is 5.91 Å². The zero-order valence-corrected chi connectivity index (χ0v) is 14.0. The maximum absolute atomic E-state index is 12.6. The van der Waals surface area contributed by atoms with E-state index in [0.29, 0.717) is 18.2 Å². The van der Waals surface area contributed by atoms with E-state index < -0.39 is 6.04 Å². The largest absolute Gasteiger partial charge is 0.344 e. The maximum Gasteiger partial charge on any atom is 0.275 e. The molecule has 0 saturated carbocycles. The molecule has 0 spiro atoms. The maximum atomic E-state index is 12.6. The summed E-state index contributed by atoms with van der Waals surface area (Å²) in [6.07, 6.45) is 0. The number of aromatic nitrogens is 1. The molecule has 5 nitrogen and oxygen atoms in total. The van der Waals surface area contributed by atoms with Crippen molar-refractivity contribution in [2.75, 3.05) is 25.2 Å². The molecule has 2 heterocycles. The summed E-state index contributed by atoms with van der Waals surface area (Å²) in [7, 11) is 1.72. The van der Waals surface area contributed by atoms with Gasteiger partial charge in [0, 0.05) is 19.3 Å². The molecule has 21 heavy (non-hydrogen) atoms. The van der Waals surface area contributed by atoms with E-state index in [2.05, 4.69) is 4.98 Å². The molecule has 1 aliphatic rings. The van der Waals surface area contributed by atoms with Crippen molar-refractivity contribution in [1.82, 2.24) is 14.8 Å². The third-order valence-corrected chi connectivity index (χ3v) is 4.82. The lowest BCUT2D eigenvalue weighted by Crippen LogP contribution is -2.48. The van der Waals surface area contributed by atoms with Crippen molar-refractivity contribution in [1.29, 1.82) is 0 Å². The highest BCUT2D eigenvalue weighted by molar-refractivity contribution is 7.99. The first-order valence-electron chi connectivity index (χ1n) is 6.41. The second-order valence-electron chi connectivity index (χ2n) is 4.61. The smallest absolute Gasteiger partial charge is 0.275 e. The number of likely N-dealkylation sites (N-methyl/N-ethyl adjacent to an activating group) is 1. The van der Waals surface area contributed by atoms with Crippen LogP contribution in [0.3, 0.4) is 0 Å². The van der Waals surface area contributed by atoms with E-state index in [9.17, 15) is 9.59 Å². The van der Waals surface area contributed by atoms with Crippen LogP contribution in [0.2, 0.25) is 10.2 Å². The van der Waals surface area contributed by atoms with Crippen molar-refractivity contribution >= 4 is 46.8 Å². The van der Waals surface area contributed by atoms with Gasteiger partial charge in [0.15, 0.2) is 0 Å². The lowest BCUT2D eigenvalue weighted by atomic mass is 10.2. The molecule has 0 unspecified atom stereocenters. The molecular weight excluding hydrogens is 333 g/mol. The quantitative estimate of drug-likeness (QED) is 0.787. The minimum absolute atomic E-state index is 0.0750. The Morgan fingerprint density at radius 3 is 2.86 bits per heavy atom. The van der Waals surface area contributed by atoms with Gasteiger partial charge in [-0.15, -0.1) is 11.8 Å². The summed E-state index contributed by atoms with van der Waals surface area (Å²) in [4.78, 5) is 32.0. The van der Waals surface area contributed by atoms with E-state index in [0.717, 1.165) is 0 Å². The van der Waals surface area contributed by atoms with Gasteiger partial charge in [-0.05, 0) is 19.1 Å². The Balaban J connectivity index is 2.25. The molecule has 0 radical (unpaired) electrons. The summed E-state index contributed by atoms with van der Waals surface area (Å²) in [6, 6.07) is 2.57. The van der Waals surface area contributed by atoms with E-state index in [1.807, 2.05) is 6.92 Å². The van der Waals surface area contributed by atoms with Crippen molar-refractivity contribution in [2.24, 2.45) is 0 Å². The monoisotopic (exact) mass is 347 g/mol. The Labute approximate surface area is 137 Å². The minimum Gasteiger partial charge on any atom is -0.344 e. The van der Waals surface area contributed by atoms with Crippen LogP contribution in [0.4, 0.5) is 0 Å². The zero-order valence-electron chi connectivity index (χ0n) is 11.7. The first-order chi connectivity index (χ1) is 9.95. The molecule has 114 valence electrons. The van der Waals surface area contributed by atoms with Crippen LogP contribution in [0.5, 0.6) is 0 Å². The lowest BCUT2D eigenvalue weighted by Gasteiger charge is -2.26. The summed E-state index contributed by atoms with van der Waals surface area (Å²) in [6.45, 7) is 2.49. The van der Waals surface area contributed by atoms with Crippen molar-refractivity contribution < 1.29 is 9.59 Å². The number of pyridine rings is 1. The number of carbonyl (C=O) groups excluding carboxylic acids is 2. The fourth-order valence-corrected chi connectivity index (χ4v) is 3.44. The second-order valence-corrected chi connectivity index (χ2v) is 6.40. The van der Waals surface area contributed by atoms with Crippen molar-refractivity contribution in [3.63, 3.8) is 0 Å². The van der Waals surface area contributed by atoms with Gasteiger partial charge in [-0.1, -0.05) is 23.2 Å². The number of halogens is 2. The zero-order chi connectivity index (χ0) is 15.6. The predicted octanol–water partition coefficient (Wildman–Crippen LogP) is 2.38. The summed E-state index contributed by atoms with van der Waals surface area (Å²) in [5, 5.41) is 0.430. The molecule has 0 bridgehead atoms. The Morgan fingerprint density at radius 2 is 2.19 bits per heavy atom.